The van der Waals surface area contributed by atoms with E-state index in [4.69, 9.17) is 0 Å². The van der Waals surface area contributed by atoms with Crippen LogP contribution in [0.5, 0.6) is 0 Å². The second kappa shape index (κ2) is 8.70. The van der Waals surface area contributed by atoms with Gasteiger partial charge in [-0.3, -0.25) is 4.79 Å². The number of nitrogens with zero attached hydrogens (tertiary/aromatic N) is 1. The number of carboxylic acid groups (broad SMARTS) is 1. The molecular formula is C22H27NO3S. The van der Waals surface area contributed by atoms with Gasteiger partial charge in [0.15, 0.2) is 0 Å². The molecule has 1 saturated carbocycles. The normalized spacial score (nSPS) is 15.5. The topological polar surface area (TPSA) is 57.6 Å². The Hall–Kier alpha value is -2.14. The highest BCUT2D eigenvalue weighted by molar-refractivity contribution is 7.18. The molecule has 1 fully saturated rings. The van der Waals surface area contributed by atoms with Crippen LogP contribution < -0.4 is 4.90 Å². The van der Waals surface area contributed by atoms with Crippen molar-refractivity contribution in [2.45, 2.75) is 58.4 Å². The van der Waals surface area contributed by atoms with E-state index >= 15 is 0 Å². The predicted octanol–water partition coefficient (Wildman–Crippen LogP) is 5.83. The van der Waals surface area contributed by atoms with E-state index in [1.54, 1.807) is 4.90 Å². The molecule has 144 valence electrons. The van der Waals surface area contributed by atoms with Gasteiger partial charge < -0.3 is 10.0 Å². The van der Waals surface area contributed by atoms with Crippen molar-refractivity contribution in [1.82, 2.24) is 0 Å². The Morgan fingerprint density at radius 1 is 1.07 bits per heavy atom. The Bertz CT molecular complexity index is 789. The number of rotatable bonds is 5. The molecule has 0 unspecified atom stereocenters. The third kappa shape index (κ3) is 4.41. The van der Waals surface area contributed by atoms with Crippen molar-refractivity contribution >= 4 is 28.9 Å². The first-order chi connectivity index (χ1) is 13.0. The van der Waals surface area contributed by atoms with Gasteiger partial charge in [-0.05, 0) is 38.3 Å². The van der Waals surface area contributed by atoms with Crippen molar-refractivity contribution in [3.8, 4) is 10.4 Å². The molecule has 2 aromatic rings. The second-order valence-electron chi connectivity index (χ2n) is 7.49. The van der Waals surface area contributed by atoms with E-state index < -0.39 is 5.97 Å². The first-order valence-corrected chi connectivity index (χ1v) is 10.6. The summed E-state index contributed by atoms with van der Waals surface area (Å²) >= 11 is 1.24. The summed E-state index contributed by atoms with van der Waals surface area (Å²) in [6, 6.07) is 11.5. The smallest absolute Gasteiger partial charge is 0.348 e. The van der Waals surface area contributed by atoms with Crippen LogP contribution in [0.4, 0.5) is 5.69 Å². The summed E-state index contributed by atoms with van der Waals surface area (Å²) in [5.41, 5.74) is 1.51. The van der Waals surface area contributed by atoms with Gasteiger partial charge in [-0.25, -0.2) is 4.79 Å². The molecule has 0 radical (unpaired) electrons. The summed E-state index contributed by atoms with van der Waals surface area (Å²) in [6.45, 7) is 3.92. The molecule has 4 nitrogen and oxygen atoms in total. The Morgan fingerprint density at radius 3 is 2.26 bits per heavy atom. The van der Waals surface area contributed by atoms with Crippen LogP contribution in [-0.4, -0.2) is 23.0 Å². The van der Waals surface area contributed by atoms with Crippen LogP contribution in [0, 0.1) is 5.92 Å². The average Bonchev–Trinajstić information content (AvgIpc) is 2.90. The summed E-state index contributed by atoms with van der Waals surface area (Å²) in [5.74, 6) is -0.903. The summed E-state index contributed by atoms with van der Waals surface area (Å²) in [4.78, 5) is 28.1. The summed E-state index contributed by atoms with van der Waals surface area (Å²) < 4.78 is 0. The highest BCUT2D eigenvalue weighted by atomic mass is 32.1. The van der Waals surface area contributed by atoms with Gasteiger partial charge in [0.2, 0.25) is 5.91 Å². The summed E-state index contributed by atoms with van der Waals surface area (Å²) in [7, 11) is 0. The van der Waals surface area contributed by atoms with E-state index in [0.29, 0.717) is 5.69 Å². The van der Waals surface area contributed by atoms with E-state index in [2.05, 4.69) is 0 Å². The molecule has 1 amide bonds. The van der Waals surface area contributed by atoms with E-state index in [9.17, 15) is 14.7 Å². The third-order valence-corrected chi connectivity index (χ3v) is 6.34. The molecule has 27 heavy (non-hydrogen) atoms. The lowest BCUT2D eigenvalue weighted by Crippen LogP contribution is -2.41. The van der Waals surface area contributed by atoms with Crippen LogP contribution in [0.15, 0.2) is 36.4 Å². The number of carbonyl (C=O) groups excluding carboxylic acids is 1. The fourth-order valence-electron chi connectivity index (χ4n) is 3.83. The van der Waals surface area contributed by atoms with Crippen molar-refractivity contribution in [2.75, 3.05) is 4.90 Å². The SMILES string of the molecule is CC(C)N(C(=O)C1CCCCCC1)c1cc(-c2ccccc2)sc1C(=O)O. The van der Waals surface area contributed by atoms with E-state index in [0.717, 1.165) is 36.1 Å². The van der Waals surface area contributed by atoms with Crippen LogP contribution in [-0.2, 0) is 4.79 Å². The molecule has 1 heterocycles. The third-order valence-electron chi connectivity index (χ3n) is 5.18. The molecule has 0 saturated heterocycles. The Balaban J connectivity index is 2.00. The fraction of sp³-hybridized carbons (Fsp3) is 0.455. The zero-order valence-electron chi connectivity index (χ0n) is 16.0. The Kier molecular flexibility index (Phi) is 6.32. The number of carbonyl (C=O) groups is 2. The van der Waals surface area contributed by atoms with Gasteiger partial charge in [-0.15, -0.1) is 11.3 Å². The van der Waals surface area contributed by atoms with Crippen molar-refractivity contribution < 1.29 is 14.7 Å². The first-order valence-electron chi connectivity index (χ1n) is 9.74. The minimum Gasteiger partial charge on any atom is -0.477 e. The number of thiophene rings is 1. The average molecular weight is 386 g/mol. The molecule has 1 aliphatic rings. The zero-order chi connectivity index (χ0) is 19.4. The maximum Gasteiger partial charge on any atom is 0.348 e. The van der Waals surface area contributed by atoms with Crippen LogP contribution in [0.2, 0.25) is 0 Å². The number of benzene rings is 1. The molecule has 0 spiro atoms. The van der Waals surface area contributed by atoms with Crippen LogP contribution in [0.1, 0.15) is 62.0 Å². The number of carboxylic acids is 1. The number of aromatic carboxylic acids is 1. The van der Waals surface area contributed by atoms with Gasteiger partial charge in [-0.1, -0.05) is 56.0 Å². The van der Waals surface area contributed by atoms with Crippen molar-refractivity contribution in [1.29, 1.82) is 0 Å². The lowest BCUT2D eigenvalue weighted by Gasteiger charge is -2.30. The highest BCUT2D eigenvalue weighted by Crippen LogP contribution is 2.39. The van der Waals surface area contributed by atoms with E-state index in [-0.39, 0.29) is 22.7 Å². The second-order valence-corrected chi connectivity index (χ2v) is 8.54. The number of hydrogen-bond acceptors (Lipinski definition) is 3. The molecule has 0 bridgehead atoms. The lowest BCUT2D eigenvalue weighted by atomic mass is 9.97. The Labute approximate surface area is 164 Å². The molecule has 0 atom stereocenters. The van der Waals surface area contributed by atoms with Crippen molar-refractivity contribution in [3.05, 3.63) is 41.3 Å². The largest absolute Gasteiger partial charge is 0.477 e. The maximum absolute atomic E-state index is 13.4. The highest BCUT2D eigenvalue weighted by Gasteiger charge is 2.32. The van der Waals surface area contributed by atoms with Gasteiger partial charge in [0.25, 0.3) is 0 Å². The lowest BCUT2D eigenvalue weighted by molar-refractivity contribution is -0.123. The van der Waals surface area contributed by atoms with E-state index in [1.165, 1.54) is 24.2 Å². The number of hydrogen-bond donors (Lipinski definition) is 1. The summed E-state index contributed by atoms with van der Waals surface area (Å²) in [5, 5.41) is 9.77. The zero-order valence-corrected chi connectivity index (χ0v) is 16.8. The van der Waals surface area contributed by atoms with Crippen molar-refractivity contribution in [2.24, 2.45) is 5.92 Å². The quantitative estimate of drug-likeness (QED) is 0.659. The summed E-state index contributed by atoms with van der Waals surface area (Å²) in [6.07, 6.45) is 6.32. The first kappa shape index (κ1) is 19.6. The molecule has 1 aromatic carbocycles. The number of amides is 1. The number of anilines is 1. The van der Waals surface area contributed by atoms with Crippen molar-refractivity contribution in [3.63, 3.8) is 0 Å². The van der Waals surface area contributed by atoms with Gasteiger partial charge in [0.05, 0.1) is 5.69 Å². The monoisotopic (exact) mass is 385 g/mol. The molecule has 5 heteroatoms. The van der Waals surface area contributed by atoms with Crippen LogP contribution in [0.25, 0.3) is 10.4 Å². The molecular weight excluding hydrogens is 358 g/mol. The predicted molar refractivity (Wildman–Crippen MR) is 111 cm³/mol. The molecule has 1 aromatic heterocycles. The molecule has 1 aliphatic carbocycles. The van der Waals surface area contributed by atoms with Gasteiger partial charge >= 0.3 is 5.97 Å². The minimum absolute atomic E-state index is 0.00313. The van der Waals surface area contributed by atoms with Gasteiger partial charge in [0, 0.05) is 16.8 Å². The van der Waals surface area contributed by atoms with Crippen LogP contribution in [0.3, 0.4) is 0 Å². The fourth-order valence-corrected chi connectivity index (χ4v) is 4.83. The standard InChI is InChI=1S/C22H27NO3S/c1-15(2)23(21(24)17-12-6-3-4-7-13-17)18-14-19(27-20(18)22(25)26)16-10-8-5-9-11-16/h5,8-11,14-15,17H,3-4,6-7,12-13H2,1-2H3,(H,25,26). The van der Waals surface area contributed by atoms with Crippen LogP contribution >= 0.6 is 11.3 Å². The molecule has 0 aliphatic heterocycles. The van der Waals surface area contributed by atoms with Gasteiger partial charge in [0.1, 0.15) is 4.88 Å². The molecule has 1 N–H and O–H groups in total. The maximum atomic E-state index is 13.4. The van der Waals surface area contributed by atoms with Gasteiger partial charge in [-0.2, -0.15) is 0 Å². The molecule has 3 rings (SSSR count). The Morgan fingerprint density at radius 2 is 1.70 bits per heavy atom. The van der Waals surface area contributed by atoms with E-state index in [1.807, 2.05) is 50.2 Å². The minimum atomic E-state index is -0.975.